The Morgan fingerprint density at radius 1 is 0.966 bits per heavy atom. The number of nitrogens with two attached hydrogens (primary N) is 1. The molecule has 144 valence electrons. The third-order valence-corrected chi connectivity index (χ3v) is 4.99. The van der Waals surface area contributed by atoms with E-state index in [1.807, 2.05) is 36.4 Å². The molecule has 0 atom stereocenters. The molecule has 0 unspecified atom stereocenters. The molecule has 0 spiro atoms. The summed E-state index contributed by atoms with van der Waals surface area (Å²) in [7, 11) is 0. The van der Waals surface area contributed by atoms with Gasteiger partial charge in [-0.2, -0.15) is 0 Å². The molecule has 0 amide bonds. The van der Waals surface area contributed by atoms with E-state index in [4.69, 9.17) is 5.14 Å². The summed E-state index contributed by atoms with van der Waals surface area (Å²) in [5.41, 5.74) is 4.74. The van der Waals surface area contributed by atoms with Crippen LogP contribution in [0.15, 0.2) is 78.3 Å². The molecular weight excluding hydrogens is 385 g/mol. The Labute approximate surface area is 172 Å². The van der Waals surface area contributed by atoms with Gasteiger partial charge < -0.3 is 5.32 Å². The Bertz CT molecular complexity index is 1160. The maximum atomic E-state index is 13.1. The lowest BCUT2D eigenvalue weighted by Gasteiger charge is -2.08. The fraction of sp³-hybridized carbons (Fsp3) is 0.0455. The SMILES string of the molecule is C=C(c1ccc(F)cc1)c1ccc2nc(NCc3ccc(SN)cc3)ncc2n1. The molecule has 0 radical (unpaired) electrons. The second kappa shape index (κ2) is 8.38. The molecular formula is C22H18FN5S. The highest BCUT2D eigenvalue weighted by atomic mass is 32.2. The summed E-state index contributed by atoms with van der Waals surface area (Å²) in [6, 6.07) is 17.9. The number of rotatable bonds is 6. The molecule has 0 aliphatic carbocycles. The fourth-order valence-corrected chi connectivity index (χ4v) is 3.13. The fourth-order valence-electron chi connectivity index (χ4n) is 2.84. The predicted octanol–water partition coefficient (Wildman–Crippen LogP) is 4.80. The van der Waals surface area contributed by atoms with Crippen molar-refractivity contribution < 1.29 is 4.39 Å². The number of pyridine rings is 1. The summed E-state index contributed by atoms with van der Waals surface area (Å²) >= 11 is 1.22. The van der Waals surface area contributed by atoms with Crippen LogP contribution in [-0.2, 0) is 6.54 Å². The molecule has 7 heteroatoms. The first kappa shape index (κ1) is 19.0. The van der Waals surface area contributed by atoms with Crippen molar-refractivity contribution in [2.24, 2.45) is 5.14 Å². The minimum absolute atomic E-state index is 0.282. The van der Waals surface area contributed by atoms with Gasteiger partial charge in [0.2, 0.25) is 5.95 Å². The van der Waals surface area contributed by atoms with Crippen LogP contribution in [0.5, 0.6) is 0 Å². The third-order valence-electron chi connectivity index (χ3n) is 4.45. The molecule has 2 heterocycles. The molecule has 0 bridgehead atoms. The number of halogens is 1. The van der Waals surface area contributed by atoms with E-state index in [0.29, 0.717) is 29.3 Å². The van der Waals surface area contributed by atoms with Gasteiger partial charge in [-0.1, -0.05) is 30.8 Å². The average Bonchev–Trinajstić information content (AvgIpc) is 2.77. The molecule has 4 aromatic rings. The smallest absolute Gasteiger partial charge is 0.223 e. The molecule has 4 rings (SSSR count). The quantitative estimate of drug-likeness (QED) is 0.450. The maximum Gasteiger partial charge on any atom is 0.223 e. The van der Waals surface area contributed by atoms with Gasteiger partial charge in [0.05, 0.1) is 17.4 Å². The van der Waals surface area contributed by atoms with Crippen molar-refractivity contribution in [3.8, 4) is 0 Å². The molecule has 0 aliphatic heterocycles. The van der Waals surface area contributed by atoms with Crippen molar-refractivity contribution in [3.05, 3.63) is 96.1 Å². The van der Waals surface area contributed by atoms with Gasteiger partial charge >= 0.3 is 0 Å². The first-order valence-electron chi connectivity index (χ1n) is 8.91. The number of aromatic nitrogens is 3. The monoisotopic (exact) mass is 403 g/mol. The lowest BCUT2D eigenvalue weighted by Crippen LogP contribution is -2.04. The van der Waals surface area contributed by atoms with E-state index in [-0.39, 0.29) is 5.82 Å². The van der Waals surface area contributed by atoms with Crippen LogP contribution in [0.25, 0.3) is 16.6 Å². The summed E-state index contributed by atoms with van der Waals surface area (Å²) in [5, 5.41) is 8.76. The number of benzene rings is 2. The lowest BCUT2D eigenvalue weighted by atomic mass is 10.0. The molecule has 2 aromatic heterocycles. The van der Waals surface area contributed by atoms with Crippen LogP contribution in [0, 0.1) is 5.82 Å². The van der Waals surface area contributed by atoms with Crippen LogP contribution in [0.2, 0.25) is 0 Å². The third kappa shape index (κ3) is 4.42. The maximum absolute atomic E-state index is 13.1. The van der Waals surface area contributed by atoms with Crippen LogP contribution in [0.1, 0.15) is 16.8 Å². The average molecular weight is 403 g/mol. The highest BCUT2D eigenvalue weighted by Gasteiger charge is 2.08. The first-order valence-corrected chi connectivity index (χ1v) is 9.79. The number of nitrogens with zero attached hydrogens (tertiary/aromatic N) is 3. The Morgan fingerprint density at radius 2 is 1.72 bits per heavy atom. The molecule has 5 nitrogen and oxygen atoms in total. The minimum Gasteiger partial charge on any atom is -0.350 e. The summed E-state index contributed by atoms with van der Waals surface area (Å²) in [5.74, 6) is 0.248. The first-order chi connectivity index (χ1) is 14.1. The van der Waals surface area contributed by atoms with E-state index in [2.05, 4.69) is 26.8 Å². The number of anilines is 1. The number of hydrogen-bond donors (Lipinski definition) is 2. The molecule has 0 fully saturated rings. The Balaban J connectivity index is 1.50. The van der Waals surface area contributed by atoms with Crippen molar-refractivity contribution in [2.75, 3.05) is 5.32 Å². The van der Waals surface area contributed by atoms with E-state index in [1.165, 1.54) is 24.1 Å². The van der Waals surface area contributed by atoms with E-state index in [0.717, 1.165) is 21.5 Å². The second-order valence-corrected chi connectivity index (χ2v) is 7.10. The molecule has 0 saturated heterocycles. The minimum atomic E-state index is -0.282. The van der Waals surface area contributed by atoms with Crippen molar-refractivity contribution in [3.63, 3.8) is 0 Å². The number of fused-ring (bicyclic) bond motifs is 1. The standard InChI is InChI=1S/C22H18FN5S/c1-14(16-4-6-17(23)7-5-16)19-10-11-20-21(27-19)13-26-22(28-20)25-12-15-2-8-18(29-24)9-3-15/h2-11,13H,1,12,24H2,(H,25,26,28). The van der Waals surface area contributed by atoms with E-state index in [1.54, 1.807) is 18.3 Å². The van der Waals surface area contributed by atoms with Crippen molar-refractivity contribution in [1.82, 2.24) is 15.0 Å². The molecule has 29 heavy (non-hydrogen) atoms. The topological polar surface area (TPSA) is 76.7 Å². The Kier molecular flexibility index (Phi) is 5.50. The molecule has 3 N–H and O–H groups in total. The summed E-state index contributed by atoms with van der Waals surface area (Å²) in [6.45, 7) is 4.68. The van der Waals surface area contributed by atoms with Crippen molar-refractivity contribution in [1.29, 1.82) is 0 Å². The molecule has 0 saturated carbocycles. The van der Waals surface area contributed by atoms with E-state index in [9.17, 15) is 4.39 Å². The van der Waals surface area contributed by atoms with Gasteiger partial charge in [-0.15, -0.1) is 0 Å². The predicted molar refractivity (Wildman–Crippen MR) is 116 cm³/mol. The van der Waals surface area contributed by atoms with Crippen LogP contribution in [-0.4, -0.2) is 15.0 Å². The summed E-state index contributed by atoms with van der Waals surface area (Å²) in [6.07, 6.45) is 1.68. The van der Waals surface area contributed by atoms with E-state index >= 15 is 0 Å². The Morgan fingerprint density at radius 3 is 2.45 bits per heavy atom. The normalized spacial score (nSPS) is 10.8. The van der Waals surface area contributed by atoms with Gasteiger partial charge in [-0.3, -0.25) is 5.14 Å². The zero-order valence-electron chi connectivity index (χ0n) is 15.5. The van der Waals surface area contributed by atoms with Gasteiger partial charge in [-0.25, -0.2) is 19.3 Å². The Hall–Kier alpha value is -3.29. The van der Waals surface area contributed by atoms with Crippen molar-refractivity contribution in [2.45, 2.75) is 11.4 Å². The number of hydrogen-bond acceptors (Lipinski definition) is 6. The molecule has 0 aliphatic rings. The van der Waals surface area contributed by atoms with Crippen LogP contribution >= 0.6 is 11.9 Å². The van der Waals surface area contributed by atoms with Gasteiger partial charge in [0.15, 0.2) is 0 Å². The zero-order chi connectivity index (χ0) is 20.2. The summed E-state index contributed by atoms with van der Waals surface area (Å²) in [4.78, 5) is 14.5. The second-order valence-electron chi connectivity index (χ2n) is 6.40. The van der Waals surface area contributed by atoms with Gasteiger partial charge in [0.1, 0.15) is 11.3 Å². The zero-order valence-corrected chi connectivity index (χ0v) is 16.3. The van der Waals surface area contributed by atoms with Crippen molar-refractivity contribution >= 4 is 34.5 Å². The highest BCUT2D eigenvalue weighted by Crippen LogP contribution is 2.22. The van der Waals surface area contributed by atoms with Gasteiger partial charge in [-0.05, 0) is 59.5 Å². The van der Waals surface area contributed by atoms with Crippen LogP contribution < -0.4 is 10.5 Å². The van der Waals surface area contributed by atoms with Gasteiger partial charge in [0.25, 0.3) is 0 Å². The highest BCUT2D eigenvalue weighted by molar-refractivity contribution is 7.97. The number of nitrogens with one attached hydrogen (secondary N) is 1. The van der Waals surface area contributed by atoms with Crippen LogP contribution in [0.3, 0.4) is 0 Å². The lowest BCUT2D eigenvalue weighted by molar-refractivity contribution is 0.627. The molecule has 2 aromatic carbocycles. The van der Waals surface area contributed by atoms with E-state index < -0.39 is 0 Å². The largest absolute Gasteiger partial charge is 0.350 e. The summed E-state index contributed by atoms with van der Waals surface area (Å²) < 4.78 is 13.1. The van der Waals surface area contributed by atoms with Crippen LogP contribution in [0.4, 0.5) is 10.3 Å². The van der Waals surface area contributed by atoms with Gasteiger partial charge in [0, 0.05) is 17.0 Å².